The molecule has 0 aromatic rings. The first-order valence-electron chi connectivity index (χ1n) is 1.88. The highest BCUT2D eigenvalue weighted by Gasteiger charge is 2.12. The highest BCUT2D eigenvalue weighted by Crippen LogP contribution is 1.72. The molecule has 0 aliphatic carbocycles. The lowest BCUT2D eigenvalue weighted by molar-refractivity contribution is -0.532. The SMILES string of the molecule is C[N+]1=C(N)NC1. The molecule has 0 amide bonds. The summed E-state index contributed by atoms with van der Waals surface area (Å²) in [5.41, 5.74) is 5.25. The van der Waals surface area contributed by atoms with Crippen LogP contribution in [0.5, 0.6) is 0 Å². The summed E-state index contributed by atoms with van der Waals surface area (Å²) >= 11 is 0. The maximum absolute atomic E-state index is 5.25. The summed E-state index contributed by atoms with van der Waals surface area (Å²) in [6.07, 6.45) is 0. The monoisotopic (exact) mass is 86.1 g/mol. The molecular weight excluding hydrogens is 78.1 g/mol. The molecule has 0 radical (unpaired) electrons. The first-order chi connectivity index (χ1) is 2.80. The molecule has 0 aromatic carbocycles. The van der Waals surface area contributed by atoms with Crippen LogP contribution in [0.25, 0.3) is 0 Å². The predicted molar refractivity (Wildman–Crippen MR) is 23.4 cm³/mol. The largest absolute Gasteiger partial charge is 0.348 e. The Morgan fingerprint density at radius 2 is 2.50 bits per heavy atom. The van der Waals surface area contributed by atoms with Crippen molar-refractivity contribution in [3.05, 3.63) is 0 Å². The van der Waals surface area contributed by atoms with Crippen LogP contribution in [0, 0.1) is 0 Å². The van der Waals surface area contributed by atoms with Crippen molar-refractivity contribution in [3.8, 4) is 0 Å². The molecule has 0 aromatic heterocycles. The van der Waals surface area contributed by atoms with E-state index in [4.69, 9.17) is 5.73 Å². The second-order valence-electron chi connectivity index (χ2n) is 1.42. The van der Waals surface area contributed by atoms with E-state index in [1.165, 1.54) is 0 Å². The van der Waals surface area contributed by atoms with Crippen molar-refractivity contribution >= 4 is 5.96 Å². The molecule has 1 rings (SSSR count). The Bertz CT molecular complexity index is 82.2. The lowest BCUT2D eigenvalue weighted by Gasteiger charge is -2.11. The summed E-state index contributed by atoms with van der Waals surface area (Å²) in [6.45, 7) is 0.895. The molecule has 0 spiro atoms. The smallest absolute Gasteiger partial charge is 0.291 e. The summed E-state index contributed by atoms with van der Waals surface area (Å²) in [5, 5.41) is 2.88. The van der Waals surface area contributed by atoms with E-state index in [1.807, 2.05) is 11.6 Å². The first-order valence-corrected chi connectivity index (χ1v) is 1.88. The minimum absolute atomic E-state index is 0.773. The van der Waals surface area contributed by atoms with Crippen LogP contribution in [0.3, 0.4) is 0 Å². The fourth-order valence-corrected chi connectivity index (χ4v) is 0.328. The van der Waals surface area contributed by atoms with Crippen LogP contribution in [0.4, 0.5) is 0 Å². The third-order valence-corrected chi connectivity index (χ3v) is 0.909. The van der Waals surface area contributed by atoms with Crippen molar-refractivity contribution in [2.45, 2.75) is 0 Å². The zero-order valence-electron chi connectivity index (χ0n) is 3.73. The summed E-state index contributed by atoms with van der Waals surface area (Å²) in [5.74, 6) is 0.773. The van der Waals surface area contributed by atoms with E-state index < -0.39 is 0 Å². The third kappa shape index (κ3) is 0.246. The second-order valence-corrected chi connectivity index (χ2v) is 1.42. The van der Waals surface area contributed by atoms with Crippen LogP contribution in [0.2, 0.25) is 0 Å². The highest BCUT2D eigenvalue weighted by molar-refractivity contribution is 5.74. The second kappa shape index (κ2) is 0.864. The van der Waals surface area contributed by atoms with E-state index in [2.05, 4.69) is 5.32 Å². The average molecular weight is 86.1 g/mol. The molecule has 0 fully saturated rings. The average Bonchev–Trinajstić information content (AvgIpc) is 1.61. The number of guanidine groups is 1. The summed E-state index contributed by atoms with van der Waals surface area (Å²) in [6, 6.07) is 0. The van der Waals surface area contributed by atoms with Crippen molar-refractivity contribution < 1.29 is 4.58 Å². The minimum Gasteiger partial charge on any atom is -0.291 e. The van der Waals surface area contributed by atoms with Gasteiger partial charge in [-0.15, -0.1) is 0 Å². The number of nitrogens with two attached hydrogens (primary N) is 1. The van der Waals surface area contributed by atoms with Crippen LogP contribution in [0.1, 0.15) is 0 Å². The lowest BCUT2D eigenvalue weighted by Crippen LogP contribution is -2.53. The standard InChI is InChI=1S/C3H7N3/c1-6-2-5-3(6)4/h2H2,1H3,(H2,4,5)/p+1. The zero-order chi connectivity index (χ0) is 4.57. The molecule has 1 aliphatic rings. The molecule has 1 aliphatic heterocycles. The Morgan fingerprint density at radius 3 is 2.50 bits per heavy atom. The van der Waals surface area contributed by atoms with Crippen molar-refractivity contribution in [2.75, 3.05) is 13.7 Å². The Hall–Kier alpha value is -0.730. The Balaban J connectivity index is 2.66. The van der Waals surface area contributed by atoms with Crippen LogP contribution in [-0.2, 0) is 0 Å². The van der Waals surface area contributed by atoms with Gasteiger partial charge in [-0.3, -0.25) is 5.73 Å². The molecule has 1 heterocycles. The van der Waals surface area contributed by atoms with Crippen LogP contribution >= 0.6 is 0 Å². The van der Waals surface area contributed by atoms with Crippen molar-refractivity contribution in [2.24, 2.45) is 5.73 Å². The summed E-state index contributed by atoms with van der Waals surface area (Å²) < 4.78 is 1.93. The van der Waals surface area contributed by atoms with Gasteiger partial charge >= 0.3 is 5.96 Å². The minimum atomic E-state index is 0.773. The van der Waals surface area contributed by atoms with Crippen LogP contribution < -0.4 is 11.1 Å². The third-order valence-electron chi connectivity index (χ3n) is 0.909. The summed E-state index contributed by atoms with van der Waals surface area (Å²) in [7, 11) is 1.94. The molecule has 0 saturated heterocycles. The molecule has 0 unspecified atom stereocenters. The van der Waals surface area contributed by atoms with Gasteiger partial charge < -0.3 is 0 Å². The zero-order valence-corrected chi connectivity index (χ0v) is 3.73. The van der Waals surface area contributed by atoms with Crippen molar-refractivity contribution in [3.63, 3.8) is 0 Å². The number of hydrogen-bond donors (Lipinski definition) is 2. The lowest BCUT2D eigenvalue weighted by atomic mass is 10.7. The molecule has 0 atom stereocenters. The fraction of sp³-hybridized carbons (Fsp3) is 0.667. The Labute approximate surface area is 36.5 Å². The van der Waals surface area contributed by atoms with Gasteiger partial charge in [-0.25, -0.2) is 9.89 Å². The van der Waals surface area contributed by atoms with Gasteiger partial charge in [0.25, 0.3) is 0 Å². The molecule has 0 bridgehead atoms. The Kier molecular flexibility index (Phi) is 0.498. The van der Waals surface area contributed by atoms with Crippen molar-refractivity contribution in [1.82, 2.24) is 5.32 Å². The van der Waals surface area contributed by atoms with Gasteiger partial charge in [-0.05, 0) is 0 Å². The molecule has 34 valence electrons. The quantitative estimate of drug-likeness (QED) is 0.352. The van der Waals surface area contributed by atoms with Gasteiger partial charge in [0.15, 0.2) is 6.67 Å². The molecule has 3 N–H and O–H groups in total. The van der Waals surface area contributed by atoms with Crippen LogP contribution in [-0.4, -0.2) is 24.3 Å². The number of nitrogens with one attached hydrogen (secondary N) is 1. The number of nitrogens with zero attached hydrogens (tertiary/aromatic N) is 1. The predicted octanol–water partition coefficient (Wildman–Crippen LogP) is -1.50. The summed E-state index contributed by atoms with van der Waals surface area (Å²) in [4.78, 5) is 0. The molecule has 3 heteroatoms. The molecule has 0 saturated carbocycles. The van der Waals surface area contributed by atoms with Gasteiger partial charge in [0, 0.05) is 0 Å². The van der Waals surface area contributed by atoms with Gasteiger partial charge in [0.2, 0.25) is 0 Å². The van der Waals surface area contributed by atoms with Crippen LogP contribution in [0.15, 0.2) is 0 Å². The van der Waals surface area contributed by atoms with Gasteiger partial charge in [0.05, 0.1) is 7.05 Å². The van der Waals surface area contributed by atoms with Gasteiger partial charge in [-0.1, -0.05) is 0 Å². The molecular formula is C3H8N3+. The topological polar surface area (TPSA) is 41.1 Å². The van der Waals surface area contributed by atoms with E-state index in [0.717, 1.165) is 12.6 Å². The van der Waals surface area contributed by atoms with E-state index in [0.29, 0.717) is 0 Å². The number of hydrogen-bond acceptors (Lipinski definition) is 2. The molecule has 3 nitrogen and oxygen atoms in total. The van der Waals surface area contributed by atoms with Gasteiger partial charge in [0.1, 0.15) is 0 Å². The van der Waals surface area contributed by atoms with E-state index in [-0.39, 0.29) is 0 Å². The first kappa shape index (κ1) is 3.46. The normalized spacial score (nSPS) is 19.5. The Morgan fingerprint density at radius 1 is 2.00 bits per heavy atom. The maximum atomic E-state index is 5.25. The number of rotatable bonds is 0. The fourth-order valence-electron chi connectivity index (χ4n) is 0.328. The van der Waals surface area contributed by atoms with E-state index in [1.54, 1.807) is 0 Å². The molecule has 6 heavy (non-hydrogen) atoms. The highest BCUT2D eigenvalue weighted by atomic mass is 15.3. The van der Waals surface area contributed by atoms with Gasteiger partial charge in [-0.2, -0.15) is 0 Å². The van der Waals surface area contributed by atoms with E-state index in [9.17, 15) is 0 Å². The van der Waals surface area contributed by atoms with E-state index >= 15 is 0 Å². The maximum Gasteiger partial charge on any atom is 0.348 e. The van der Waals surface area contributed by atoms with Crippen molar-refractivity contribution in [1.29, 1.82) is 0 Å².